The van der Waals surface area contributed by atoms with Crippen molar-refractivity contribution in [3.63, 3.8) is 0 Å². The summed E-state index contributed by atoms with van der Waals surface area (Å²) in [5.41, 5.74) is 0. The van der Waals surface area contributed by atoms with Crippen LogP contribution >= 0.6 is 0 Å². The fourth-order valence-electron chi connectivity index (χ4n) is 13.4. The van der Waals surface area contributed by atoms with E-state index in [1.54, 1.807) is 0 Å². The minimum atomic E-state index is -0.277. The Morgan fingerprint density at radius 3 is 2.20 bits per heavy atom. The largest absolute Gasteiger partial charge is 0.377 e. The highest BCUT2D eigenvalue weighted by molar-refractivity contribution is 5.13. The van der Waals surface area contributed by atoms with Crippen LogP contribution < -0.4 is 16.0 Å². The van der Waals surface area contributed by atoms with E-state index in [1.165, 1.54) is 116 Å². The Kier molecular flexibility index (Phi) is 7.26. The lowest BCUT2D eigenvalue weighted by Gasteiger charge is -2.43. The van der Waals surface area contributed by atoms with E-state index in [1.807, 2.05) is 0 Å². The molecule has 5 aliphatic carbocycles. The first-order valence-electron chi connectivity index (χ1n) is 18.7. The summed E-state index contributed by atoms with van der Waals surface area (Å²) in [6, 6.07) is 4.60. The van der Waals surface area contributed by atoms with Crippen LogP contribution in [0.25, 0.3) is 0 Å². The van der Waals surface area contributed by atoms with Gasteiger partial charge in [0, 0.05) is 49.0 Å². The molecule has 0 radical (unpaired) electrons. The first-order chi connectivity index (χ1) is 20.2. The summed E-state index contributed by atoms with van der Waals surface area (Å²) in [5.74, 6) is 5.17. The molecule has 4 aliphatic heterocycles. The number of hydrogen-bond acceptors (Lipinski definition) is 6. The molecule has 0 aromatic heterocycles. The van der Waals surface area contributed by atoms with Gasteiger partial charge in [-0.2, -0.15) is 0 Å². The summed E-state index contributed by atoms with van der Waals surface area (Å²) in [6.07, 6.45) is 27.5. The molecule has 9 rings (SSSR count). The zero-order chi connectivity index (χ0) is 27.1. The maximum absolute atomic E-state index is 11.7. The zero-order valence-corrected chi connectivity index (χ0v) is 25.6. The van der Waals surface area contributed by atoms with E-state index in [4.69, 9.17) is 0 Å². The molecule has 0 amide bonds. The topological polar surface area (TPSA) is 62.8 Å². The lowest BCUT2D eigenvalue weighted by Crippen LogP contribution is -2.58. The Labute approximate surface area is 249 Å². The van der Waals surface area contributed by atoms with Gasteiger partial charge in [-0.15, -0.1) is 0 Å². The molecule has 4 N–H and O–H groups in total. The average molecular weight is 566 g/mol. The molecule has 0 aromatic carbocycles. The van der Waals surface area contributed by atoms with Crippen molar-refractivity contribution in [3.8, 4) is 0 Å². The van der Waals surface area contributed by atoms with Crippen molar-refractivity contribution in [2.75, 3.05) is 6.67 Å². The van der Waals surface area contributed by atoms with Crippen molar-refractivity contribution in [2.24, 2.45) is 35.5 Å². The van der Waals surface area contributed by atoms with Crippen LogP contribution in [0, 0.1) is 35.5 Å². The second-order valence-corrected chi connectivity index (χ2v) is 16.6. The van der Waals surface area contributed by atoms with Gasteiger partial charge in [0.1, 0.15) is 6.23 Å². The minimum absolute atomic E-state index is 0.259. The standard InChI is InChI=1S/C35H59N5O/c41-35-30-19-29(36-20-37-30)26-10-6-9-25-27-18-22(15-16-31(27)40(35)33(25)26)21-13-14-23(17-21)34-38-28-11-4-5-12-32(28)39(34)24-7-2-1-3-8-24/h21-38,41H,1-20H2/t21?,22?,23?,25?,26?,27?,28?,29?,30-,31?,32?,33?,34?,35?/m1/s1. The second kappa shape index (κ2) is 11.0. The van der Waals surface area contributed by atoms with Gasteiger partial charge in [0.25, 0.3) is 0 Å². The van der Waals surface area contributed by atoms with Gasteiger partial charge in [-0.05, 0) is 119 Å². The summed E-state index contributed by atoms with van der Waals surface area (Å²) >= 11 is 0. The van der Waals surface area contributed by atoms with Crippen LogP contribution in [0.5, 0.6) is 0 Å². The van der Waals surface area contributed by atoms with Crippen LogP contribution in [0.1, 0.15) is 122 Å². The molecule has 13 unspecified atom stereocenters. The number of fused-ring (bicyclic) bond motifs is 7. The van der Waals surface area contributed by atoms with Crippen molar-refractivity contribution in [1.82, 2.24) is 25.8 Å². The molecular weight excluding hydrogens is 506 g/mol. The molecule has 6 nitrogen and oxygen atoms in total. The van der Waals surface area contributed by atoms with Crippen LogP contribution in [0.2, 0.25) is 0 Å². The first-order valence-corrected chi connectivity index (χ1v) is 18.7. The van der Waals surface area contributed by atoms with E-state index in [2.05, 4.69) is 25.8 Å². The number of nitrogens with one attached hydrogen (secondary N) is 3. The monoisotopic (exact) mass is 565 g/mol. The summed E-state index contributed by atoms with van der Waals surface area (Å²) in [4.78, 5) is 5.84. The van der Waals surface area contributed by atoms with Crippen LogP contribution in [0.4, 0.5) is 0 Å². The van der Waals surface area contributed by atoms with Gasteiger partial charge in [-0.3, -0.25) is 20.4 Å². The van der Waals surface area contributed by atoms with Crippen molar-refractivity contribution in [2.45, 2.75) is 177 Å². The predicted molar refractivity (Wildman–Crippen MR) is 163 cm³/mol. The molecule has 41 heavy (non-hydrogen) atoms. The Morgan fingerprint density at radius 2 is 1.27 bits per heavy atom. The number of aliphatic hydroxyl groups excluding tert-OH is 1. The molecule has 0 aromatic rings. The van der Waals surface area contributed by atoms with E-state index in [0.29, 0.717) is 24.3 Å². The molecular formula is C35H59N5O. The zero-order valence-electron chi connectivity index (χ0n) is 25.6. The van der Waals surface area contributed by atoms with Gasteiger partial charge in [0.05, 0.1) is 6.17 Å². The van der Waals surface area contributed by atoms with Gasteiger partial charge in [0.15, 0.2) is 0 Å². The number of aliphatic hydroxyl groups is 1. The number of rotatable bonds is 3. The average Bonchev–Trinajstić information content (AvgIpc) is 3.74. The molecule has 0 spiro atoms. The van der Waals surface area contributed by atoms with Crippen LogP contribution in [-0.2, 0) is 0 Å². The third-order valence-corrected chi connectivity index (χ3v) is 15.0. The molecule has 4 saturated heterocycles. The molecule has 2 bridgehead atoms. The quantitative estimate of drug-likeness (QED) is 0.396. The van der Waals surface area contributed by atoms with Crippen molar-refractivity contribution in [1.29, 1.82) is 0 Å². The van der Waals surface area contributed by atoms with E-state index in [9.17, 15) is 5.11 Å². The third-order valence-electron chi connectivity index (χ3n) is 15.0. The Hall–Kier alpha value is -0.240. The lowest BCUT2D eigenvalue weighted by molar-refractivity contribution is -0.0678. The third kappa shape index (κ3) is 4.46. The molecule has 9 aliphatic rings. The first kappa shape index (κ1) is 27.1. The molecule has 5 saturated carbocycles. The van der Waals surface area contributed by atoms with Crippen LogP contribution in [0.15, 0.2) is 0 Å². The van der Waals surface area contributed by atoms with Crippen molar-refractivity contribution < 1.29 is 5.11 Å². The van der Waals surface area contributed by atoms with E-state index in [-0.39, 0.29) is 12.3 Å². The molecule has 6 heteroatoms. The SMILES string of the molecule is OC1[C@H]2CC(NCN2)C2CCCC3C4CC(C5CCC(C6NC7CCCCC7N6C6CCCCC6)C5)CCC4N1C23. The second-order valence-electron chi connectivity index (χ2n) is 16.6. The lowest BCUT2D eigenvalue weighted by atomic mass is 9.64. The fraction of sp³-hybridized carbons (Fsp3) is 1.00. The molecule has 4 heterocycles. The van der Waals surface area contributed by atoms with Crippen LogP contribution in [0.3, 0.4) is 0 Å². The number of nitrogens with zero attached hydrogens (tertiary/aromatic N) is 2. The van der Waals surface area contributed by atoms with Gasteiger partial charge < -0.3 is 10.4 Å². The normalized spacial score (nSPS) is 54.4. The summed E-state index contributed by atoms with van der Waals surface area (Å²) < 4.78 is 0. The van der Waals surface area contributed by atoms with Crippen molar-refractivity contribution in [3.05, 3.63) is 0 Å². The smallest absolute Gasteiger partial charge is 0.123 e. The highest BCUT2D eigenvalue weighted by Gasteiger charge is 2.60. The fourth-order valence-corrected chi connectivity index (χ4v) is 13.4. The predicted octanol–water partition coefficient (Wildman–Crippen LogP) is 4.77. The van der Waals surface area contributed by atoms with Gasteiger partial charge >= 0.3 is 0 Å². The molecule has 9 fully saturated rings. The Balaban J connectivity index is 0.912. The van der Waals surface area contributed by atoms with Gasteiger partial charge in [-0.25, -0.2) is 0 Å². The van der Waals surface area contributed by atoms with Crippen LogP contribution in [-0.4, -0.2) is 76.3 Å². The summed E-state index contributed by atoms with van der Waals surface area (Å²) in [5, 5.41) is 23.5. The maximum atomic E-state index is 11.7. The maximum Gasteiger partial charge on any atom is 0.123 e. The van der Waals surface area contributed by atoms with Crippen molar-refractivity contribution >= 4 is 0 Å². The van der Waals surface area contributed by atoms with Gasteiger partial charge in [-0.1, -0.05) is 38.5 Å². The minimum Gasteiger partial charge on any atom is -0.377 e. The van der Waals surface area contributed by atoms with Gasteiger partial charge in [0.2, 0.25) is 0 Å². The molecule has 230 valence electrons. The Bertz CT molecular complexity index is 936. The summed E-state index contributed by atoms with van der Waals surface area (Å²) in [6.45, 7) is 0.878. The van der Waals surface area contributed by atoms with E-state index < -0.39 is 0 Å². The number of hydrogen-bond donors (Lipinski definition) is 4. The van der Waals surface area contributed by atoms with E-state index >= 15 is 0 Å². The summed E-state index contributed by atoms with van der Waals surface area (Å²) in [7, 11) is 0. The van der Waals surface area contributed by atoms with E-state index in [0.717, 1.165) is 66.7 Å². The highest BCUT2D eigenvalue weighted by Crippen LogP contribution is 2.57. The highest BCUT2D eigenvalue weighted by atomic mass is 16.3. The Morgan fingerprint density at radius 1 is 0.512 bits per heavy atom. The molecule has 14 atom stereocenters.